The van der Waals surface area contributed by atoms with E-state index in [-0.39, 0.29) is 30.5 Å². The molecule has 0 aliphatic rings. The summed E-state index contributed by atoms with van der Waals surface area (Å²) in [5, 5.41) is 2.70. The lowest BCUT2D eigenvalue weighted by atomic mass is 10.1. The van der Waals surface area contributed by atoms with Gasteiger partial charge in [-0.3, -0.25) is 9.59 Å². The van der Waals surface area contributed by atoms with Crippen LogP contribution in [0.15, 0.2) is 48.5 Å². The Labute approximate surface area is 159 Å². The number of hydrogen-bond acceptors (Lipinski definition) is 4. The van der Waals surface area contributed by atoms with Crippen LogP contribution in [-0.4, -0.2) is 35.8 Å². The van der Waals surface area contributed by atoms with Crippen molar-refractivity contribution in [3.63, 3.8) is 0 Å². The maximum atomic E-state index is 12.5. The molecule has 2 aromatic rings. The Bertz CT molecular complexity index is 832. The molecular weight excluding hydrogens is 344 g/mol. The van der Waals surface area contributed by atoms with Crippen LogP contribution in [0, 0.1) is 6.92 Å². The van der Waals surface area contributed by atoms with Crippen molar-refractivity contribution >= 4 is 23.5 Å². The second-order valence-electron chi connectivity index (χ2n) is 6.12. The second kappa shape index (κ2) is 9.52. The number of esters is 1. The molecule has 0 heterocycles. The van der Waals surface area contributed by atoms with E-state index in [1.807, 2.05) is 31.2 Å². The number of carbonyl (C=O) groups is 3. The Kier molecular flexibility index (Phi) is 7.11. The predicted octanol–water partition coefficient (Wildman–Crippen LogP) is 3.16. The first-order valence-electron chi connectivity index (χ1n) is 8.78. The van der Waals surface area contributed by atoms with Gasteiger partial charge in [0.2, 0.25) is 11.8 Å². The molecule has 0 atom stereocenters. The predicted molar refractivity (Wildman–Crippen MR) is 103 cm³/mol. The van der Waals surface area contributed by atoms with Gasteiger partial charge >= 0.3 is 5.97 Å². The van der Waals surface area contributed by atoms with Gasteiger partial charge in [-0.05, 0) is 37.1 Å². The number of anilines is 1. The SMILES string of the molecule is CCOC(=O)c1ccccc1NC(=O)CN(Cc1ccccc1C)C(C)=O. The fourth-order valence-electron chi connectivity index (χ4n) is 2.61. The van der Waals surface area contributed by atoms with Crippen LogP contribution in [-0.2, 0) is 20.9 Å². The van der Waals surface area contributed by atoms with Gasteiger partial charge in [0, 0.05) is 13.5 Å². The number of carbonyl (C=O) groups excluding carboxylic acids is 3. The van der Waals surface area contributed by atoms with Crippen LogP contribution in [0.5, 0.6) is 0 Å². The number of nitrogens with one attached hydrogen (secondary N) is 1. The van der Waals surface area contributed by atoms with Crippen molar-refractivity contribution in [3.8, 4) is 0 Å². The van der Waals surface area contributed by atoms with Gasteiger partial charge in [0.25, 0.3) is 0 Å². The van der Waals surface area contributed by atoms with Crippen LogP contribution < -0.4 is 5.32 Å². The van der Waals surface area contributed by atoms with E-state index < -0.39 is 5.97 Å². The molecule has 2 rings (SSSR count). The van der Waals surface area contributed by atoms with E-state index >= 15 is 0 Å². The fraction of sp³-hybridized carbons (Fsp3) is 0.286. The van der Waals surface area contributed by atoms with Gasteiger partial charge in [-0.15, -0.1) is 0 Å². The second-order valence-corrected chi connectivity index (χ2v) is 6.12. The summed E-state index contributed by atoms with van der Waals surface area (Å²) >= 11 is 0. The molecule has 0 spiro atoms. The Morgan fingerprint density at radius 3 is 2.37 bits per heavy atom. The lowest BCUT2D eigenvalue weighted by molar-refractivity contribution is -0.133. The van der Waals surface area contributed by atoms with E-state index in [0.717, 1.165) is 11.1 Å². The maximum absolute atomic E-state index is 12.5. The fourth-order valence-corrected chi connectivity index (χ4v) is 2.61. The summed E-state index contributed by atoms with van der Waals surface area (Å²) in [7, 11) is 0. The molecule has 6 heteroatoms. The van der Waals surface area contributed by atoms with Gasteiger partial charge in [-0.1, -0.05) is 36.4 Å². The highest BCUT2D eigenvalue weighted by Crippen LogP contribution is 2.17. The molecule has 6 nitrogen and oxygen atoms in total. The molecule has 142 valence electrons. The van der Waals surface area contributed by atoms with Crippen molar-refractivity contribution in [1.82, 2.24) is 4.90 Å². The minimum atomic E-state index is -0.503. The molecule has 0 unspecified atom stereocenters. The largest absolute Gasteiger partial charge is 0.462 e. The summed E-state index contributed by atoms with van der Waals surface area (Å²) in [6, 6.07) is 14.3. The van der Waals surface area contributed by atoms with Crippen molar-refractivity contribution in [2.24, 2.45) is 0 Å². The summed E-state index contributed by atoms with van der Waals surface area (Å²) in [6.45, 7) is 5.59. The summed E-state index contributed by atoms with van der Waals surface area (Å²) < 4.78 is 5.01. The zero-order chi connectivity index (χ0) is 19.8. The van der Waals surface area contributed by atoms with E-state index in [4.69, 9.17) is 4.74 Å². The van der Waals surface area contributed by atoms with E-state index in [2.05, 4.69) is 5.32 Å². The summed E-state index contributed by atoms with van der Waals surface area (Å²) in [6.07, 6.45) is 0. The highest BCUT2D eigenvalue weighted by Gasteiger charge is 2.18. The molecule has 0 aliphatic heterocycles. The van der Waals surface area contributed by atoms with Crippen molar-refractivity contribution < 1.29 is 19.1 Å². The number of aryl methyl sites for hydroxylation is 1. The van der Waals surface area contributed by atoms with Crippen LogP contribution in [0.1, 0.15) is 35.3 Å². The highest BCUT2D eigenvalue weighted by atomic mass is 16.5. The van der Waals surface area contributed by atoms with Gasteiger partial charge in [0.15, 0.2) is 0 Å². The molecule has 0 radical (unpaired) electrons. The quantitative estimate of drug-likeness (QED) is 0.762. The maximum Gasteiger partial charge on any atom is 0.340 e. The van der Waals surface area contributed by atoms with Crippen LogP contribution >= 0.6 is 0 Å². The van der Waals surface area contributed by atoms with Gasteiger partial charge in [0.1, 0.15) is 6.54 Å². The van der Waals surface area contributed by atoms with Gasteiger partial charge in [-0.25, -0.2) is 4.79 Å². The summed E-state index contributed by atoms with van der Waals surface area (Å²) in [5.41, 5.74) is 2.67. The molecule has 0 aromatic heterocycles. The summed E-state index contributed by atoms with van der Waals surface area (Å²) in [4.78, 5) is 37.9. The normalized spacial score (nSPS) is 10.2. The minimum Gasteiger partial charge on any atom is -0.462 e. The first-order chi connectivity index (χ1) is 12.9. The Morgan fingerprint density at radius 1 is 1.04 bits per heavy atom. The molecule has 2 aromatic carbocycles. The van der Waals surface area contributed by atoms with Gasteiger partial charge in [0.05, 0.1) is 17.9 Å². The number of rotatable bonds is 7. The standard InChI is InChI=1S/C21H24N2O4/c1-4-27-21(26)18-11-7-8-12-19(18)22-20(25)14-23(16(3)24)13-17-10-6-5-9-15(17)2/h5-12H,4,13-14H2,1-3H3,(H,22,25). The first kappa shape index (κ1) is 20.2. The van der Waals surface area contributed by atoms with Gasteiger partial charge < -0.3 is 15.0 Å². The van der Waals surface area contributed by atoms with E-state index in [9.17, 15) is 14.4 Å². The van der Waals surface area contributed by atoms with Crippen LogP contribution in [0.3, 0.4) is 0 Å². The van der Waals surface area contributed by atoms with E-state index in [1.54, 1.807) is 31.2 Å². The molecule has 27 heavy (non-hydrogen) atoms. The van der Waals surface area contributed by atoms with Crippen molar-refractivity contribution in [2.45, 2.75) is 27.3 Å². The van der Waals surface area contributed by atoms with Crippen molar-refractivity contribution in [1.29, 1.82) is 0 Å². The monoisotopic (exact) mass is 368 g/mol. The molecule has 0 saturated heterocycles. The lowest BCUT2D eigenvalue weighted by Crippen LogP contribution is -2.36. The lowest BCUT2D eigenvalue weighted by Gasteiger charge is -2.22. The molecule has 0 saturated carbocycles. The summed E-state index contributed by atoms with van der Waals surface area (Å²) in [5.74, 6) is -1.08. The van der Waals surface area contributed by atoms with Crippen molar-refractivity contribution in [3.05, 3.63) is 65.2 Å². The van der Waals surface area contributed by atoms with Crippen LogP contribution in [0.2, 0.25) is 0 Å². The smallest absolute Gasteiger partial charge is 0.340 e. The highest BCUT2D eigenvalue weighted by molar-refractivity contribution is 6.02. The number of ether oxygens (including phenoxy) is 1. The Balaban J connectivity index is 2.10. The molecular formula is C21H24N2O4. The van der Waals surface area contributed by atoms with Crippen LogP contribution in [0.25, 0.3) is 0 Å². The number of nitrogens with zero attached hydrogens (tertiary/aromatic N) is 1. The average Bonchev–Trinajstić information content (AvgIpc) is 2.63. The van der Waals surface area contributed by atoms with Gasteiger partial charge in [-0.2, -0.15) is 0 Å². The number of para-hydroxylation sites is 1. The van der Waals surface area contributed by atoms with Crippen molar-refractivity contribution in [2.75, 3.05) is 18.5 Å². The third-order valence-electron chi connectivity index (χ3n) is 4.10. The molecule has 0 fully saturated rings. The van der Waals surface area contributed by atoms with E-state index in [1.165, 1.54) is 11.8 Å². The average molecular weight is 368 g/mol. The Morgan fingerprint density at radius 2 is 1.70 bits per heavy atom. The number of benzene rings is 2. The number of amides is 2. The van der Waals surface area contributed by atoms with E-state index in [0.29, 0.717) is 12.2 Å². The third-order valence-corrected chi connectivity index (χ3v) is 4.10. The topological polar surface area (TPSA) is 75.7 Å². The Hall–Kier alpha value is -3.15. The minimum absolute atomic E-state index is 0.110. The molecule has 0 bridgehead atoms. The zero-order valence-corrected chi connectivity index (χ0v) is 15.8. The van der Waals surface area contributed by atoms with Crippen LogP contribution in [0.4, 0.5) is 5.69 Å². The molecule has 0 aliphatic carbocycles. The number of hydrogen-bond donors (Lipinski definition) is 1. The first-order valence-corrected chi connectivity index (χ1v) is 8.78. The molecule has 1 N–H and O–H groups in total. The third kappa shape index (κ3) is 5.67. The zero-order valence-electron chi connectivity index (χ0n) is 15.8. The molecule has 2 amide bonds.